The molecule has 0 saturated heterocycles. The highest BCUT2D eigenvalue weighted by molar-refractivity contribution is 5.72. The Morgan fingerprint density at radius 2 is 1.57 bits per heavy atom. The summed E-state index contributed by atoms with van der Waals surface area (Å²) in [6.45, 7) is 2.21. The number of rotatable bonds is 3. The molecule has 0 unspecified atom stereocenters. The third kappa shape index (κ3) is 2.73. The topological polar surface area (TPSA) is 3.88 Å². The molecular weight excluding hydrogens is 254 g/mol. The lowest BCUT2D eigenvalue weighted by Crippen LogP contribution is -2.30. The maximum absolute atomic E-state index is 2.31. The second-order valence-corrected chi connectivity index (χ2v) is 5.29. The largest absolute Gasteiger partial charge is 0.212 e. The van der Waals surface area contributed by atoms with E-state index in [4.69, 9.17) is 0 Å². The van der Waals surface area contributed by atoms with Crippen molar-refractivity contribution in [2.75, 3.05) is 0 Å². The first-order chi connectivity index (χ1) is 10.3. The van der Waals surface area contributed by atoms with E-state index in [-0.39, 0.29) is 0 Å². The molecule has 0 fully saturated rings. The summed E-state index contributed by atoms with van der Waals surface area (Å²) in [7, 11) is 2.10. The van der Waals surface area contributed by atoms with E-state index < -0.39 is 0 Å². The lowest BCUT2D eigenvalue weighted by Gasteiger charge is -2.09. The van der Waals surface area contributed by atoms with Crippen molar-refractivity contribution in [3.05, 3.63) is 78.5 Å². The number of nitrogens with zero attached hydrogens (tertiary/aromatic N) is 1. The summed E-state index contributed by atoms with van der Waals surface area (Å²) in [5, 5.41) is 0. The van der Waals surface area contributed by atoms with Crippen LogP contribution in [-0.2, 0) is 13.5 Å². The summed E-state index contributed by atoms with van der Waals surface area (Å²) in [5.74, 6) is 0. The third-order valence-corrected chi connectivity index (χ3v) is 3.93. The summed E-state index contributed by atoms with van der Waals surface area (Å²) < 4.78 is 2.18. The summed E-state index contributed by atoms with van der Waals surface area (Å²) in [6.07, 6.45) is 3.14. The third-order valence-electron chi connectivity index (χ3n) is 3.93. The highest BCUT2D eigenvalue weighted by atomic mass is 14.9. The van der Waals surface area contributed by atoms with Crippen molar-refractivity contribution >= 4 is 0 Å². The molecule has 2 aromatic carbocycles. The molecule has 1 heterocycles. The molecule has 0 aliphatic heterocycles. The van der Waals surface area contributed by atoms with Crippen molar-refractivity contribution < 1.29 is 4.57 Å². The van der Waals surface area contributed by atoms with Crippen molar-refractivity contribution in [3.8, 4) is 22.4 Å². The molecule has 0 aliphatic rings. The molecule has 0 aliphatic carbocycles. The Labute approximate surface area is 126 Å². The summed E-state index contributed by atoms with van der Waals surface area (Å²) in [6, 6.07) is 23.7. The highest BCUT2D eigenvalue weighted by Gasteiger charge is 2.13. The quantitative estimate of drug-likeness (QED) is 0.623. The van der Waals surface area contributed by atoms with Crippen molar-refractivity contribution in [1.29, 1.82) is 0 Å². The number of pyridine rings is 1. The van der Waals surface area contributed by atoms with Gasteiger partial charge in [0.1, 0.15) is 7.05 Å². The van der Waals surface area contributed by atoms with Gasteiger partial charge in [0.15, 0.2) is 6.20 Å². The predicted molar refractivity (Wildman–Crippen MR) is 87.9 cm³/mol. The number of hydrogen-bond acceptors (Lipinski definition) is 0. The van der Waals surface area contributed by atoms with E-state index >= 15 is 0 Å². The van der Waals surface area contributed by atoms with Gasteiger partial charge >= 0.3 is 0 Å². The molecule has 0 amide bonds. The van der Waals surface area contributed by atoms with Crippen LogP contribution in [-0.4, -0.2) is 0 Å². The molecule has 1 heteroatoms. The van der Waals surface area contributed by atoms with E-state index in [9.17, 15) is 0 Å². The lowest BCUT2D eigenvalue weighted by molar-refractivity contribution is -0.660. The van der Waals surface area contributed by atoms with Crippen LogP contribution < -0.4 is 4.57 Å². The van der Waals surface area contributed by atoms with Crippen LogP contribution in [0.25, 0.3) is 22.4 Å². The maximum Gasteiger partial charge on any atom is 0.212 e. The smallest absolute Gasteiger partial charge is 0.201 e. The fraction of sp³-hybridized carbons (Fsp3) is 0.150. The SMILES string of the molecule is CCc1ccc(-c2ccccc2)cc1-c1cccc[n+]1C. The average molecular weight is 274 g/mol. The van der Waals surface area contributed by atoms with Crippen molar-refractivity contribution in [3.63, 3.8) is 0 Å². The van der Waals surface area contributed by atoms with Gasteiger partial charge in [-0.05, 0) is 35.2 Å². The van der Waals surface area contributed by atoms with Gasteiger partial charge in [0.25, 0.3) is 0 Å². The number of aryl methyl sites for hydroxylation is 2. The lowest BCUT2D eigenvalue weighted by atomic mass is 9.95. The Balaban J connectivity index is 2.17. The normalized spacial score (nSPS) is 10.6. The molecule has 3 aromatic rings. The minimum absolute atomic E-state index is 1.04. The van der Waals surface area contributed by atoms with Gasteiger partial charge in [-0.25, -0.2) is 4.57 Å². The van der Waals surface area contributed by atoms with Gasteiger partial charge in [-0.15, -0.1) is 0 Å². The van der Waals surface area contributed by atoms with E-state index in [0.29, 0.717) is 0 Å². The number of hydrogen-bond donors (Lipinski definition) is 0. The minimum atomic E-state index is 1.04. The minimum Gasteiger partial charge on any atom is -0.201 e. The van der Waals surface area contributed by atoms with Crippen LogP contribution in [0.2, 0.25) is 0 Å². The summed E-state index contributed by atoms with van der Waals surface area (Å²) >= 11 is 0. The van der Waals surface area contributed by atoms with Gasteiger partial charge in [0.05, 0.1) is 0 Å². The Bertz CT molecular complexity index is 745. The maximum atomic E-state index is 2.31. The molecule has 0 spiro atoms. The van der Waals surface area contributed by atoms with Gasteiger partial charge in [-0.1, -0.05) is 49.4 Å². The fourth-order valence-corrected chi connectivity index (χ4v) is 2.74. The second kappa shape index (κ2) is 5.92. The Morgan fingerprint density at radius 3 is 2.29 bits per heavy atom. The van der Waals surface area contributed by atoms with Gasteiger partial charge in [-0.3, -0.25) is 0 Å². The predicted octanol–water partition coefficient (Wildman–Crippen LogP) is 4.41. The molecule has 0 bridgehead atoms. The zero-order valence-corrected chi connectivity index (χ0v) is 12.6. The first kappa shape index (κ1) is 13.6. The van der Waals surface area contributed by atoms with E-state index in [1.807, 2.05) is 0 Å². The monoisotopic (exact) mass is 274 g/mol. The van der Waals surface area contributed by atoms with Crippen LogP contribution in [0.1, 0.15) is 12.5 Å². The Morgan fingerprint density at radius 1 is 0.810 bits per heavy atom. The second-order valence-electron chi connectivity index (χ2n) is 5.29. The first-order valence-electron chi connectivity index (χ1n) is 7.43. The molecule has 0 radical (unpaired) electrons. The molecule has 0 saturated carbocycles. The van der Waals surface area contributed by atoms with Crippen molar-refractivity contribution in [1.82, 2.24) is 0 Å². The van der Waals surface area contributed by atoms with Gasteiger partial charge < -0.3 is 0 Å². The van der Waals surface area contributed by atoms with Crippen molar-refractivity contribution in [2.24, 2.45) is 7.05 Å². The average Bonchev–Trinajstić information content (AvgIpc) is 2.55. The van der Waals surface area contributed by atoms with E-state index in [0.717, 1.165) is 6.42 Å². The van der Waals surface area contributed by atoms with Crippen LogP contribution in [0.15, 0.2) is 72.9 Å². The molecule has 1 nitrogen and oxygen atoms in total. The molecule has 0 atom stereocenters. The number of benzene rings is 2. The molecular formula is C20H20N+. The zero-order valence-electron chi connectivity index (χ0n) is 12.6. The van der Waals surface area contributed by atoms with E-state index in [1.54, 1.807) is 0 Å². The molecule has 104 valence electrons. The van der Waals surface area contributed by atoms with Crippen LogP contribution >= 0.6 is 0 Å². The molecule has 21 heavy (non-hydrogen) atoms. The van der Waals surface area contributed by atoms with Crippen LogP contribution in [0, 0.1) is 0 Å². The first-order valence-corrected chi connectivity index (χ1v) is 7.43. The Kier molecular flexibility index (Phi) is 3.83. The Hall–Kier alpha value is -2.41. The van der Waals surface area contributed by atoms with Crippen molar-refractivity contribution in [2.45, 2.75) is 13.3 Å². The van der Waals surface area contributed by atoms with Gasteiger partial charge in [0.2, 0.25) is 5.69 Å². The van der Waals surface area contributed by atoms with Gasteiger partial charge in [0, 0.05) is 17.7 Å². The van der Waals surface area contributed by atoms with E-state index in [2.05, 4.69) is 91.5 Å². The van der Waals surface area contributed by atoms with Gasteiger partial charge in [-0.2, -0.15) is 0 Å². The summed E-state index contributed by atoms with van der Waals surface area (Å²) in [4.78, 5) is 0. The standard InChI is InChI=1S/C20H20N/c1-3-16-12-13-18(17-9-5-4-6-10-17)15-19(16)20-11-7-8-14-21(20)2/h4-15H,3H2,1-2H3/q+1. The molecule has 1 aromatic heterocycles. The van der Waals surface area contributed by atoms with E-state index in [1.165, 1.54) is 27.9 Å². The summed E-state index contributed by atoms with van der Waals surface area (Å²) in [5.41, 5.74) is 6.50. The zero-order chi connectivity index (χ0) is 14.7. The van der Waals surface area contributed by atoms with Crippen LogP contribution in [0.4, 0.5) is 0 Å². The molecule has 0 N–H and O–H groups in total. The highest BCUT2D eigenvalue weighted by Crippen LogP contribution is 2.28. The van der Waals surface area contributed by atoms with Crippen LogP contribution in [0.3, 0.4) is 0 Å². The van der Waals surface area contributed by atoms with Crippen LogP contribution in [0.5, 0.6) is 0 Å². The molecule has 3 rings (SSSR count). The number of aromatic nitrogens is 1. The fourth-order valence-electron chi connectivity index (χ4n) is 2.74.